The highest BCUT2D eigenvalue weighted by atomic mass is 32.1. The summed E-state index contributed by atoms with van der Waals surface area (Å²) in [5.74, 6) is 0. The minimum absolute atomic E-state index is 0.0468. The number of hydrogen-bond donors (Lipinski definition) is 0. The third-order valence-electron chi connectivity index (χ3n) is 11.7. The summed E-state index contributed by atoms with van der Waals surface area (Å²) in [6, 6.07) is 63.5. The van der Waals surface area contributed by atoms with Crippen LogP contribution in [0.25, 0.3) is 97.0 Å². The van der Waals surface area contributed by atoms with Gasteiger partial charge in [-0.25, -0.2) is 0 Å². The number of hydrogen-bond acceptors (Lipinski definition) is 1. The Morgan fingerprint density at radius 2 is 0.942 bits per heavy atom. The first-order chi connectivity index (χ1) is 25.6. The largest absolute Gasteiger partial charge is 0.135 e. The van der Waals surface area contributed by atoms with Crippen molar-refractivity contribution in [1.82, 2.24) is 0 Å². The maximum absolute atomic E-state index is 2.44. The van der Waals surface area contributed by atoms with Gasteiger partial charge in [-0.15, -0.1) is 11.3 Å². The maximum Gasteiger partial charge on any atom is 0.0434 e. The Labute approximate surface area is 307 Å². The molecular formula is C51H34S. The maximum atomic E-state index is 2.44. The molecule has 52 heavy (non-hydrogen) atoms. The summed E-state index contributed by atoms with van der Waals surface area (Å²) in [5, 5.41) is 10.4. The average molecular weight is 679 g/mol. The molecule has 1 aliphatic rings. The van der Waals surface area contributed by atoms with Crippen molar-refractivity contribution >= 4 is 63.8 Å². The van der Waals surface area contributed by atoms with Gasteiger partial charge < -0.3 is 0 Å². The highest BCUT2D eigenvalue weighted by Crippen LogP contribution is 2.53. The van der Waals surface area contributed by atoms with Crippen molar-refractivity contribution in [3.63, 3.8) is 0 Å². The zero-order valence-corrected chi connectivity index (χ0v) is 29.9. The molecule has 0 nitrogen and oxygen atoms in total. The lowest BCUT2D eigenvalue weighted by Gasteiger charge is -2.21. The lowest BCUT2D eigenvalue weighted by molar-refractivity contribution is 0.661. The van der Waals surface area contributed by atoms with Crippen LogP contribution in [0.5, 0.6) is 0 Å². The SMILES string of the molecule is CC1(C)c2ccc(-c3cccc(-c4c5ccccc5c(-c5cccc6c5sc5ccccc56)c5ccccc45)c3)cc2-c2c1ccc1ccccc21. The molecule has 0 aliphatic heterocycles. The van der Waals surface area contributed by atoms with E-state index < -0.39 is 0 Å². The van der Waals surface area contributed by atoms with Crippen molar-refractivity contribution < 1.29 is 0 Å². The Bertz CT molecular complexity index is 3040. The van der Waals surface area contributed by atoms with Gasteiger partial charge >= 0.3 is 0 Å². The van der Waals surface area contributed by atoms with Gasteiger partial charge in [-0.05, 0) is 101 Å². The molecule has 0 bridgehead atoms. The van der Waals surface area contributed by atoms with Crippen LogP contribution in [0.3, 0.4) is 0 Å². The first-order valence-electron chi connectivity index (χ1n) is 18.2. The van der Waals surface area contributed by atoms with Gasteiger partial charge in [-0.2, -0.15) is 0 Å². The molecule has 0 unspecified atom stereocenters. The fourth-order valence-electron chi connectivity index (χ4n) is 9.23. The fraction of sp³-hybridized carbons (Fsp3) is 0.0588. The lowest BCUT2D eigenvalue weighted by Crippen LogP contribution is -2.14. The van der Waals surface area contributed by atoms with E-state index in [2.05, 4.69) is 184 Å². The summed E-state index contributed by atoms with van der Waals surface area (Å²) in [6.07, 6.45) is 0. The number of rotatable bonds is 3. The molecule has 1 heterocycles. The zero-order valence-electron chi connectivity index (χ0n) is 29.1. The second-order valence-corrected chi connectivity index (χ2v) is 15.8. The summed E-state index contributed by atoms with van der Waals surface area (Å²) in [5.41, 5.74) is 13.1. The van der Waals surface area contributed by atoms with E-state index in [1.165, 1.54) is 108 Å². The van der Waals surface area contributed by atoms with Gasteiger partial charge in [0.15, 0.2) is 0 Å². The molecule has 0 saturated heterocycles. The van der Waals surface area contributed by atoms with Crippen molar-refractivity contribution in [1.29, 1.82) is 0 Å². The van der Waals surface area contributed by atoms with E-state index in [4.69, 9.17) is 0 Å². The molecule has 9 aromatic carbocycles. The van der Waals surface area contributed by atoms with Crippen LogP contribution in [0.4, 0.5) is 0 Å². The summed E-state index contributed by atoms with van der Waals surface area (Å²) in [4.78, 5) is 0. The van der Waals surface area contributed by atoms with Crippen LogP contribution in [-0.4, -0.2) is 0 Å². The van der Waals surface area contributed by atoms with Crippen LogP contribution in [0, 0.1) is 0 Å². The van der Waals surface area contributed by atoms with E-state index in [0.717, 1.165) is 0 Å². The average Bonchev–Trinajstić information content (AvgIpc) is 3.69. The van der Waals surface area contributed by atoms with Crippen LogP contribution in [0.2, 0.25) is 0 Å². The van der Waals surface area contributed by atoms with Gasteiger partial charge in [0, 0.05) is 31.2 Å². The molecule has 1 heteroatoms. The van der Waals surface area contributed by atoms with Gasteiger partial charge in [0.25, 0.3) is 0 Å². The molecular weight excluding hydrogens is 645 g/mol. The van der Waals surface area contributed by atoms with Crippen LogP contribution >= 0.6 is 11.3 Å². The van der Waals surface area contributed by atoms with Crippen LogP contribution in [0.1, 0.15) is 25.0 Å². The molecule has 244 valence electrons. The van der Waals surface area contributed by atoms with Crippen molar-refractivity contribution in [3.05, 3.63) is 181 Å². The number of benzene rings is 9. The smallest absolute Gasteiger partial charge is 0.0434 e. The third-order valence-corrected chi connectivity index (χ3v) is 12.9. The van der Waals surface area contributed by atoms with E-state index in [1.807, 2.05) is 11.3 Å². The Hall–Kier alpha value is -6.02. The molecule has 0 fully saturated rings. The van der Waals surface area contributed by atoms with E-state index >= 15 is 0 Å². The van der Waals surface area contributed by atoms with Crippen LogP contribution in [-0.2, 0) is 5.41 Å². The number of fused-ring (bicyclic) bond motifs is 10. The molecule has 0 atom stereocenters. The zero-order chi connectivity index (χ0) is 34.6. The first-order valence-corrected chi connectivity index (χ1v) is 19.0. The van der Waals surface area contributed by atoms with Gasteiger partial charge in [0.1, 0.15) is 0 Å². The Balaban J connectivity index is 1.13. The Morgan fingerprint density at radius 1 is 0.365 bits per heavy atom. The first kappa shape index (κ1) is 29.7. The molecule has 0 spiro atoms. The minimum atomic E-state index is -0.0468. The molecule has 0 saturated carbocycles. The molecule has 1 aliphatic carbocycles. The highest BCUT2D eigenvalue weighted by molar-refractivity contribution is 7.26. The van der Waals surface area contributed by atoms with Crippen molar-refractivity contribution in [3.8, 4) is 44.5 Å². The predicted octanol–water partition coefficient (Wildman–Crippen LogP) is 14.8. The summed E-state index contributed by atoms with van der Waals surface area (Å²) >= 11 is 1.90. The van der Waals surface area contributed by atoms with E-state index in [1.54, 1.807) is 0 Å². The second-order valence-electron chi connectivity index (χ2n) is 14.8. The predicted molar refractivity (Wildman–Crippen MR) is 226 cm³/mol. The van der Waals surface area contributed by atoms with Gasteiger partial charge in [0.05, 0.1) is 0 Å². The van der Waals surface area contributed by atoms with Crippen LogP contribution < -0.4 is 0 Å². The lowest BCUT2D eigenvalue weighted by atomic mass is 9.81. The standard InChI is InChI=1S/C51H34S/c1-51(2)44-27-26-33(30-43(44)49-35-16-4-3-13-31(35)25-28-45(49)51)32-14-11-15-34(29-32)47-37-18-5-7-20-39(37)48(40-21-8-6-19-38(40)47)42-23-12-22-41-36-17-9-10-24-46(36)52-50(41)42/h3-30H,1-2H3. The monoisotopic (exact) mass is 678 g/mol. The summed E-state index contributed by atoms with van der Waals surface area (Å²) in [6.45, 7) is 4.74. The van der Waals surface area contributed by atoms with Crippen molar-refractivity contribution in [2.75, 3.05) is 0 Å². The Kier molecular flexibility index (Phi) is 6.27. The normalized spacial score (nSPS) is 13.3. The third kappa shape index (κ3) is 4.15. The van der Waals surface area contributed by atoms with Gasteiger partial charge in [-0.1, -0.05) is 166 Å². The molecule has 10 aromatic rings. The van der Waals surface area contributed by atoms with E-state index in [9.17, 15) is 0 Å². The van der Waals surface area contributed by atoms with E-state index in [-0.39, 0.29) is 5.41 Å². The van der Waals surface area contributed by atoms with Crippen molar-refractivity contribution in [2.45, 2.75) is 19.3 Å². The number of thiophene rings is 1. The molecule has 1 aromatic heterocycles. The van der Waals surface area contributed by atoms with Gasteiger partial charge in [0.2, 0.25) is 0 Å². The minimum Gasteiger partial charge on any atom is -0.135 e. The molecule has 0 amide bonds. The molecule has 11 rings (SSSR count). The topological polar surface area (TPSA) is 0 Å². The van der Waals surface area contributed by atoms with Crippen LogP contribution in [0.15, 0.2) is 170 Å². The molecule has 0 radical (unpaired) electrons. The quantitative estimate of drug-likeness (QED) is 0.163. The summed E-state index contributed by atoms with van der Waals surface area (Å²) < 4.78 is 2.68. The Morgan fingerprint density at radius 3 is 1.71 bits per heavy atom. The van der Waals surface area contributed by atoms with Crippen molar-refractivity contribution in [2.24, 2.45) is 0 Å². The highest BCUT2D eigenvalue weighted by Gasteiger charge is 2.36. The second kappa shape index (κ2) is 11.0. The molecule has 0 N–H and O–H groups in total. The van der Waals surface area contributed by atoms with E-state index in [0.29, 0.717) is 0 Å². The fourth-order valence-corrected chi connectivity index (χ4v) is 10.5. The summed E-state index contributed by atoms with van der Waals surface area (Å²) in [7, 11) is 0. The van der Waals surface area contributed by atoms with Gasteiger partial charge in [-0.3, -0.25) is 0 Å².